The summed E-state index contributed by atoms with van der Waals surface area (Å²) in [5.41, 5.74) is 1.24. The fourth-order valence-electron chi connectivity index (χ4n) is 3.91. The van der Waals surface area contributed by atoms with Gasteiger partial charge in [-0.05, 0) is 56.4 Å². The van der Waals surface area contributed by atoms with E-state index in [1.165, 1.54) is 18.4 Å². The van der Waals surface area contributed by atoms with E-state index in [0.717, 1.165) is 36.8 Å². The van der Waals surface area contributed by atoms with Crippen molar-refractivity contribution < 1.29 is 18.4 Å². The average molecular weight is 370 g/mol. The molecule has 142 valence electrons. The molecule has 1 saturated carbocycles. The van der Waals surface area contributed by atoms with Crippen LogP contribution in [0.2, 0.25) is 0 Å². The normalized spacial score (nSPS) is 19.0. The molecule has 2 amide bonds. The number of hydrogen-bond donors (Lipinski definition) is 1. The van der Waals surface area contributed by atoms with Crippen molar-refractivity contribution in [1.82, 2.24) is 10.2 Å². The van der Waals surface area contributed by atoms with Gasteiger partial charge in [-0.2, -0.15) is 0 Å². The van der Waals surface area contributed by atoms with Gasteiger partial charge >= 0.3 is 0 Å². The summed E-state index contributed by atoms with van der Waals surface area (Å²) in [7, 11) is 0. The molecular formula is C21H23FN2O3. The lowest BCUT2D eigenvalue weighted by atomic mass is 9.93. The lowest BCUT2D eigenvalue weighted by Crippen LogP contribution is -2.49. The lowest BCUT2D eigenvalue weighted by Gasteiger charge is -2.34. The molecule has 2 heterocycles. The molecule has 5 nitrogen and oxygen atoms in total. The van der Waals surface area contributed by atoms with Crippen molar-refractivity contribution in [2.75, 3.05) is 13.1 Å². The Hall–Kier alpha value is -2.63. The largest absolute Gasteiger partial charge is 0.459 e. The highest BCUT2D eigenvalue weighted by atomic mass is 19.1. The molecule has 2 fully saturated rings. The Kier molecular flexibility index (Phi) is 4.50. The summed E-state index contributed by atoms with van der Waals surface area (Å²) < 4.78 is 18.4. The SMILES string of the molecule is Cc1ccoc1C(=O)NC1CCN(C(=O)C2(c3ccc(F)cc3)CC2)CC1. The number of rotatable bonds is 4. The summed E-state index contributed by atoms with van der Waals surface area (Å²) >= 11 is 0. The smallest absolute Gasteiger partial charge is 0.287 e. The van der Waals surface area contributed by atoms with Gasteiger partial charge in [-0.15, -0.1) is 0 Å². The van der Waals surface area contributed by atoms with Gasteiger partial charge in [0.2, 0.25) is 5.91 Å². The molecule has 0 unspecified atom stereocenters. The van der Waals surface area contributed by atoms with Crippen LogP contribution in [-0.4, -0.2) is 35.8 Å². The monoisotopic (exact) mass is 370 g/mol. The van der Waals surface area contributed by atoms with Crippen molar-refractivity contribution in [3.8, 4) is 0 Å². The summed E-state index contributed by atoms with van der Waals surface area (Å²) in [5.74, 6) is -0.0138. The van der Waals surface area contributed by atoms with E-state index in [9.17, 15) is 14.0 Å². The number of nitrogens with one attached hydrogen (secondary N) is 1. The summed E-state index contributed by atoms with van der Waals surface area (Å²) in [4.78, 5) is 27.2. The van der Waals surface area contributed by atoms with Crippen LogP contribution in [0.25, 0.3) is 0 Å². The first-order valence-corrected chi connectivity index (χ1v) is 9.40. The Morgan fingerprint density at radius 2 is 1.81 bits per heavy atom. The maximum atomic E-state index is 13.2. The Labute approximate surface area is 157 Å². The van der Waals surface area contributed by atoms with Crippen LogP contribution in [0.15, 0.2) is 41.0 Å². The molecule has 0 radical (unpaired) electrons. The summed E-state index contributed by atoms with van der Waals surface area (Å²) in [6.07, 6.45) is 4.57. The van der Waals surface area contributed by atoms with Crippen molar-refractivity contribution in [2.24, 2.45) is 0 Å². The Morgan fingerprint density at radius 1 is 1.15 bits per heavy atom. The van der Waals surface area contributed by atoms with Crippen LogP contribution in [0.1, 0.15) is 47.4 Å². The first-order valence-electron chi connectivity index (χ1n) is 9.40. The van der Waals surface area contributed by atoms with E-state index < -0.39 is 5.41 Å². The fourth-order valence-corrected chi connectivity index (χ4v) is 3.91. The Balaban J connectivity index is 1.35. The number of hydrogen-bond acceptors (Lipinski definition) is 3. The molecule has 0 bridgehead atoms. The van der Waals surface area contributed by atoms with E-state index in [0.29, 0.717) is 18.8 Å². The third-order valence-electron chi connectivity index (χ3n) is 5.74. The van der Waals surface area contributed by atoms with Crippen LogP contribution in [0.4, 0.5) is 4.39 Å². The van der Waals surface area contributed by atoms with Gasteiger partial charge in [-0.25, -0.2) is 4.39 Å². The second-order valence-corrected chi connectivity index (χ2v) is 7.56. The molecule has 1 aliphatic heterocycles. The predicted molar refractivity (Wildman–Crippen MR) is 97.8 cm³/mol. The zero-order valence-corrected chi connectivity index (χ0v) is 15.3. The molecule has 0 atom stereocenters. The summed E-state index contributed by atoms with van der Waals surface area (Å²) in [5, 5.41) is 3.00. The number of amides is 2. The quantitative estimate of drug-likeness (QED) is 0.899. The molecule has 2 aliphatic rings. The molecule has 2 aromatic rings. The topological polar surface area (TPSA) is 62.6 Å². The number of likely N-dealkylation sites (tertiary alicyclic amines) is 1. The molecule has 1 aromatic carbocycles. The molecular weight excluding hydrogens is 347 g/mol. The van der Waals surface area contributed by atoms with Gasteiger partial charge in [-0.3, -0.25) is 9.59 Å². The number of aryl methyl sites for hydroxylation is 1. The van der Waals surface area contributed by atoms with E-state index in [1.807, 2.05) is 11.8 Å². The van der Waals surface area contributed by atoms with Crippen molar-refractivity contribution in [1.29, 1.82) is 0 Å². The zero-order valence-electron chi connectivity index (χ0n) is 15.3. The zero-order chi connectivity index (χ0) is 19.0. The van der Waals surface area contributed by atoms with Crippen LogP contribution in [0.5, 0.6) is 0 Å². The minimum absolute atomic E-state index is 0.0343. The highest BCUT2D eigenvalue weighted by Gasteiger charge is 2.53. The molecule has 1 N–H and O–H groups in total. The first kappa shape index (κ1) is 17.8. The van der Waals surface area contributed by atoms with Gasteiger partial charge in [0.15, 0.2) is 5.76 Å². The number of benzene rings is 1. The second-order valence-electron chi connectivity index (χ2n) is 7.56. The van der Waals surface area contributed by atoms with Gasteiger partial charge in [0, 0.05) is 24.7 Å². The van der Waals surface area contributed by atoms with Crippen molar-refractivity contribution >= 4 is 11.8 Å². The maximum absolute atomic E-state index is 13.2. The maximum Gasteiger partial charge on any atom is 0.287 e. The standard InChI is InChI=1S/C21H23FN2O3/c1-14-8-13-27-18(14)19(25)23-17-6-11-24(12-7-17)20(26)21(9-10-21)15-2-4-16(22)5-3-15/h2-5,8,13,17H,6-7,9-12H2,1H3,(H,23,25). The van der Waals surface area contributed by atoms with Crippen LogP contribution in [0.3, 0.4) is 0 Å². The number of halogens is 1. The van der Waals surface area contributed by atoms with Crippen LogP contribution in [-0.2, 0) is 10.2 Å². The van der Waals surface area contributed by atoms with Crippen molar-refractivity contribution in [3.05, 3.63) is 59.3 Å². The van der Waals surface area contributed by atoms with Gasteiger partial charge in [0.05, 0.1) is 11.7 Å². The molecule has 1 aliphatic carbocycles. The van der Waals surface area contributed by atoms with E-state index >= 15 is 0 Å². The van der Waals surface area contributed by atoms with Crippen LogP contribution < -0.4 is 5.32 Å². The third kappa shape index (κ3) is 3.36. The Morgan fingerprint density at radius 3 is 2.37 bits per heavy atom. The Bertz CT molecular complexity index is 847. The molecule has 4 rings (SSSR count). The number of furan rings is 1. The third-order valence-corrected chi connectivity index (χ3v) is 5.74. The first-order chi connectivity index (χ1) is 13.0. The number of carbonyl (C=O) groups is 2. The van der Waals surface area contributed by atoms with E-state index in [4.69, 9.17) is 4.42 Å². The van der Waals surface area contributed by atoms with E-state index in [1.54, 1.807) is 18.2 Å². The van der Waals surface area contributed by atoms with E-state index in [-0.39, 0.29) is 23.7 Å². The average Bonchev–Trinajstić information content (AvgIpc) is 3.37. The van der Waals surface area contributed by atoms with Crippen LogP contribution >= 0.6 is 0 Å². The summed E-state index contributed by atoms with van der Waals surface area (Å²) in [6, 6.07) is 8.08. The molecule has 27 heavy (non-hydrogen) atoms. The number of piperidine rings is 1. The van der Waals surface area contributed by atoms with Gasteiger partial charge < -0.3 is 14.6 Å². The fraction of sp³-hybridized carbons (Fsp3) is 0.429. The highest BCUT2D eigenvalue weighted by molar-refractivity contribution is 5.93. The van der Waals surface area contributed by atoms with Gasteiger partial charge in [0.1, 0.15) is 5.82 Å². The minimum atomic E-state index is -0.477. The highest BCUT2D eigenvalue weighted by Crippen LogP contribution is 2.49. The molecule has 0 spiro atoms. The number of nitrogens with zero attached hydrogens (tertiary/aromatic N) is 1. The van der Waals surface area contributed by atoms with Gasteiger partial charge in [-0.1, -0.05) is 12.1 Å². The molecule has 1 aromatic heterocycles. The van der Waals surface area contributed by atoms with Crippen LogP contribution in [0, 0.1) is 12.7 Å². The number of carbonyl (C=O) groups excluding carboxylic acids is 2. The van der Waals surface area contributed by atoms with Crippen molar-refractivity contribution in [2.45, 2.75) is 44.1 Å². The molecule has 1 saturated heterocycles. The molecule has 6 heteroatoms. The van der Waals surface area contributed by atoms with E-state index in [2.05, 4.69) is 5.32 Å². The second kappa shape index (κ2) is 6.83. The lowest BCUT2D eigenvalue weighted by molar-refractivity contribution is -0.135. The van der Waals surface area contributed by atoms with Crippen molar-refractivity contribution in [3.63, 3.8) is 0 Å². The minimum Gasteiger partial charge on any atom is -0.459 e. The van der Waals surface area contributed by atoms with Gasteiger partial charge in [0.25, 0.3) is 5.91 Å². The predicted octanol–water partition coefficient (Wildman–Crippen LogP) is 3.18. The summed E-state index contributed by atoms with van der Waals surface area (Å²) in [6.45, 7) is 3.07.